The highest BCUT2D eigenvalue weighted by molar-refractivity contribution is 5.97. The zero-order chi connectivity index (χ0) is 9.30. The first kappa shape index (κ1) is 8.97. The van der Waals surface area contributed by atoms with E-state index in [9.17, 15) is 9.59 Å². The van der Waals surface area contributed by atoms with Crippen LogP contribution in [0.5, 0.6) is 0 Å². The third-order valence-corrected chi connectivity index (χ3v) is 1.94. The summed E-state index contributed by atoms with van der Waals surface area (Å²) in [4.78, 5) is 23.6. The number of ketones is 1. The maximum Gasteiger partial charge on any atom is 0.223 e. The van der Waals surface area contributed by atoms with E-state index in [0.717, 1.165) is 0 Å². The van der Waals surface area contributed by atoms with E-state index in [1.165, 1.54) is 18.7 Å². The standard InChI is InChI=1S/C9H13NO2/c1-6-4-9(7(2)11)10(5-6)8(3)12/h4,6H,5H2,1-3H3/t6-/m0/s1. The van der Waals surface area contributed by atoms with Crippen LogP contribution in [0.4, 0.5) is 0 Å². The molecule has 0 unspecified atom stereocenters. The van der Waals surface area contributed by atoms with Crippen LogP contribution in [0.15, 0.2) is 11.8 Å². The van der Waals surface area contributed by atoms with Crippen LogP contribution in [-0.2, 0) is 9.59 Å². The third kappa shape index (κ3) is 1.55. The highest BCUT2D eigenvalue weighted by atomic mass is 16.2. The fraction of sp³-hybridized carbons (Fsp3) is 0.556. The highest BCUT2D eigenvalue weighted by Gasteiger charge is 2.25. The second kappa shape index (κ2) is 3.09. The number of carbonyl (C=O) groups is 2. The molecule has 1 rings (SSSR count). The Bertz CT molecular complexity index is 255. The maximum absolute atomic E-state index is 11.0. The summed E-state index contributed by atoms with van der Waals surface area (Å²) in [5.41, 5.74) is 0.551. The van der Waals surface area contributed by atoms with Crippen LogP contribution < -0.4 is 0 Å². The monoisotopic (exact) mass is 167 g/mol. The minimum atomic E-state index is -0.0548. The Morgan fingerprint density at radius 2 is 2.08 bits per heavy atom. The van der Waals surface area contributed by atoms with Crippen LogP contribution in [0.2, 0.25) is 0 Å². The van der Waals surface area contributed by atoms with Crippen molar-refractivity contribution in [3.8, 4) is 0 Å². The predicted molar refractivity (Wildman–Crippen MR) is 45.3 cm³/mol. The van der Waals surface area contributed by atoms with Crippen molar-refractivity contribution in [2.45, 2.75) is 20.8 Å². The van der Waals surface area contributed by atoms with Gasteiger partial charge < -0.3 is 4.90 Å². The molecule has 3 nitrogen and oxygen atoms in total. The molecule has 12 heavy (non-hydrogen) atoms. The zero-order valence-electron chi connectivity index (χ0n) is 7.63. The third-order valence-electron chi connectivity index (χ3n) is 1.94. The lowest BCUT2D eigenvalue weighted by molar-refractivity contribution is -0.129. The Morgan fingerprint density at radius 1 is 1.50 bits per heavy atom. The minimum Gasteiger partial charge on any atom is -0.309 e. The summed E-state index contributed by atoms with van der Waals surface area (Å²) in [7, 11) is 0. The molecule has 66 valence electrons. The first-order valence-electron chi connectivity index (χ1n) is 4.03. The number of hydrogen-bond donors (Lipinski definition) is 0. The van der Waals surface area contributed by atoms with Crippen molar-refractivity contribution in [2.24, 2.45) is 5.92 Å². The molecule has 0 saturated heterocycles. The summed E-state index contributed by atoms with van der Waals surface area (Å²) in [6, 6.07) is 0. The molecule has 0 spiro atoms. The number of Topliss-reactive ketones (excluding diaryl/α,β-unsaturated/α-hetero) is 1. The van der Waals surface area contributed by atoms with Gasteiger partial charge in [-0.2, -0.15) is 0 Å². The van der Waals surface area contributed by atoms with E-state index in [1.807, 2.05) is 13.0 Å². The van der Waals surface area contributed by atoms with Crippen LogP contribution in [0, 0.1) is 5.92 Å². The fourth-order valence-electron chi connectivity index (χ4n) is 1.40. The molecule has 0 bridgehead atoms. The van der Waals surface area contributed by atoms with Gasteiger partial charge in [0.25, 0.3) is 0 Å². The number of nitrogens with zero attached hydrogens (tertiary/aromatic N) is 1. The van der Waals surface area contributed by atoms with Gasteiger partial charge in [-0.1, -0.05) is 13.0 Å². The Morgan fingerprint density at radius 3 is 2.42 bits per heavy atom. The lowest BCUT2D eigenvalue weighted by Gasteiger charge is -2.16. The van der Waals surface area contributed by atoms with E-state index in [0.29, 0.717) is 18.2 Å². The molecule has 1 atom stereocenters. The van der Waals surface area contributed by atoms with E-state index < -0.39 is 0 Å². The molecular weight excluding hydrogens is 154 g/mol. The predicted octanol–water partition coefficient (Wildman–Crippen LogP) is 0.958. The number of hydrogen-bond acceptors (Lipinski definition) is 2. The normalized spacial score (nSPS) is 22.4. The number of rotatable bonds is 1. The average Bonchev–Trinajstić information content (AvgIpc) is 2.31. The summed E-state index contributed by atoms with van der Waals surface area (Å²) in [6.45, 7) is 5.60. The molecule has 3 heteroatoms. The Balaban J connectivity index is 2.87. The van der Waals surface area contributed by atoms with Gasteiger partial charge in [-0.05, 0) is 5.92 Å². The highest BCUT2D eigenvalue weighted by Crippen LogP contribution is 2.20. The van der Waals surface area contributed by atoms with Gasteiger partial charge in [-0.15, -0.1) is 0 Å². The van der Waals surface area contributed by atoms with Crippen LogP contribution in [-0.4, -0.2) is 23.1 Å². The molecule has 1 heterocycles. The summed E-state index contributed by atoms with van der Waals surface area (Å²) >= 11 is 0. The smallest absolute Gasteiger partial charge is 0.223 e. The maximum atomic E-state index is 11.0. The molecule has 0 radical (unpaired) electrons. The topological polar surface area (TPSA) is 37.4 Å². The summed E-state index contributed by atoms with van der Waals surface area (Å²) in [6.07, 6.45) is 1.85. The summed E-state index contributed by atoms with van der Waals surface area (Å²) in [5.74, 6) is 0.211. The van der Waals surface area contributed by atoms with Gasteiger partial charge in [-0.3, -0.25) is 9.59 Å². The molecule has 1 amide bonds. The van der Waals surface area contributed by atoms with E-state index in [4.69, 9.17) is 0 Å². The summed E-state index contributed by atoms with van der Waals surface area (Å²) in [5, 5.41) is 0. The number of allylic oxidation sites excluding steroid dienone is 1. The number of amides is 1. The lowest BCUT2D eigenvalue weighted by atomic mass is 10.2. The van der Waals surface area contributed by atoms with Crippen LogP contribution in [0.3, 0.4) is 0 Å². The van der Waals surface area contributed by atoms with Crippen molar-refractivity contribution in [1.29, 1.82) is 0 Å². The second-order valence-electron chi connectivity index (χ2n) is 3.22. The average molecular weight is 167 g/mol. The Labute approximate surface area is 72.0 Å². The molecular formula is C9H13NO2. The van der Waals surface area contributed by atoms with Gasteiger partial charge in [0.05, 0.1) is 5.70 Å². The quantitative estimate of drug-likeness (QED) is 0.583. The van der Waals surface area contributed by atoms with Gasteiger partial charge >= 0.3 is 0 Å². The number of carbonyl (C=O) groups excluding carboxylic acids is 2. The largest absolute Gasteiger partial charge is 0.309 e. The molecule has 0 aromatic carbocycles. The van der Waals surface area contributed by atoms with Crippen molar-refractivity contribution < 1.29 is 9.59 Å². The molecule has 0 fully saturated rings. The molecule has 0 aliphatic carbocycles. The van der Waals surface area contributed by atoms with E-state index >= 15 is 0 Å². The molecule has 1 aliphatic heterocycles. The van der Waals surface area contributed by atoms with Crippen LogP contribution >= 0.6 is 0 Å². The van der Waals surface area contributed by atoms with Crippen molar-refractivity contribution in [1.82, 2.24) is 4.90 Å². The first-order chi connectivity index (χ1) is 5.52. The molecule has 0 N–H and O–H groups in total. The summed E-state index contributed by atoms with van der Waals surface area (Å²) < 4.78 is 0. The minimum absolute atomic E-state index is 0.0328. The molecule has 0 saturated carbocycles. The van der Waals surface area contributed by atoms with Crippen molar-refractivity contribution in [3.63, 3.8) is 0 Å². The van der Waals surface area contributed by atoms with Gasteiger partial charge in [0.1, 0.15) is 0 Å². The van der Waals surface area contributed by atoms with Crippen molar-refractivity contribution >= 4 is 11.7 Å². The first-order valence-corrected chi connectivity index (χ1v) is 4.03. The van der Waals surface area contributed by atoms with Crippen LogP contribution in [0.1, 0.15) is 20.8 Å². The van der Waals surface area contributed by atoms with Crippen molar-refractivity contribution in [3.05, 3.63) is 11.8 Å². The SMILES string of the molecule is CC(=O)C1=C[C@H](C)CN1C(C)=O. The van der Waals surface area contributed by atoms with E-state index in [2.05, 4.69) is 0 Å². The van der Waals surface area contributed by atoms with Crippen molar-refractivity contribution in [2.75, 3.05) is 6.54 Å². The molecule has 0 aromatic rings. The zero-order valence-corrected chi connectivity index (χ0v) is 7.63. The fourth-order valence-corrected chi connectivity index (χ4v) is 1.40. The van der Waals surface area contributed by atoms with Crippen LogP contribution in [0.25, 0.3) is 0 Å². The van der Waals surface area contributed by atoms with E-state index in [1.54, 1.807) is 0 Å². The molecule has 0 aromatic heterocycles. The van der Waals surface area contributed by atoms with Gasteiger partial charge in [-0.25, -0.2) is 0 Å². The second-order valence-corrected chi connectivity index (χ2v) is 3.22. The van der Waals surface area contributed by atoms with Gasteiger partial charge in [0.15, 0.2) is 5.78 Å². The Hall–Kier alpha value is -1.12. The molecule has 1 aliphatic rings. The van der Waals surface area contributed by atoms with Gasteiger partial charge in [0.2, 0.25) is 5.91 Å². The Kier molecular flexibility index (Phi) is 2.31. The lowest BCUT2D eigenvalue weighted by Crippen LogP contribution is -2.29. The van der Waals surface area contributed by atoms with Gasteiger partial charge in [0, 0.05) is 20.4 Å². The van der Waals surface area contributed by atoms with E-state index in [-0.39, 0.29) is 11.7 Å².